The van der Waals surface area contributed by atoms with Gasteiger partial charge in [-0.25, -0.2) is 9.50 Å². The largest absolute Gasteiger partial charge is 0.458 e. The summed E-state index contributed by atoms with van der Waals surface area (Å²) in [4.78, 5) is 4.34. The number of fused-ring (bicyclic) bond motifs is 1. The predicted molar refractivity (Wildman–Crippen MR) is 59.8 cm³/mol. The van der Waals surface area contributed by atoms with Gasteiger partial charge in [-0.3, -0.25) is 0 Å². The van der Waals surface area contributed by atoms with Gasteiger partial charge in [0.05, 0.1) is 0 Å². The van der Waals surface area contributed by atoms with E-state index < -0.39 is 0 Å². The first-order valence-corrected chi connectivity index (χ1v) is 4.91. The van der Waals surface area contributed by atoms with Gasteiger partial charge in [-0.15, -0.1) is 5.10 Å². The number of anilines is 1. The van der Waals surface area contributed by atoms with E-state index in [1.807, 2.05) is 19.1 Å². The molecule has 3 heterocycles. The molecule has 0 saturated heterocycles. The lowest BCUT2D eigenvalue weighted by atomic mass is 10.4. The van der Waals surface area contributed by atoms with Crippen LogP contribution in [-0.2, 0) is 0 Å². The Morgan fingerprint density at radius 3 is 2.94 bits per heavy atom. The smallest absolute Gasteiger partial charge is 0.217 e. The van der Waals surface area contributed by atoms with Crippen molar-refractivity contribution in [3.8, 4) is 11.6 Å². The van der Waals surface area contributed by atoms with Crippen LogP contribution in [0.15, 0.2) is 34.9 Å². The SMILES string of the molecule is Cc1ccc(-c2nc3cc(N)ccn3n2)o1. The molecule has 2 N–H and O–H groups in total. The third-order valence-electron chi connectivity index (χ3n) is 2.32. The molecule has 5 nitrogen and oxygen atoms in total. The monoisotopic (exact) mass is 214 g/mol. The molecule has 3 aromatic rings. The average molecular weight is 214 g/mol. The van der Waals surface area contributed by atoms with Crippen molar-refractivity contribution in [2.45, 2.75) is 6.92 Å². The first-order chi connectivity index (χ1) is 7.72. The number of nitrogens with two attached hydrogens (primary N) is 1. The summed E-state index contributed by atoms with van der Waals surface area (Å²) in [5, 5.41) is 4.29. The molecule has 0 atom stereocenters. The number of nitrogen functional groups attached to an aromatic ring is 1. The van der Waals surface area contributed by atoms with Gasteiger partial charge in [-0.05, 0) is 25.1 Å². The number of aromatic nitrogens is 3. The first-order valence-electron chi connectivity index (χ1n) is 4.91. The second-order valence-electron chi connectivity index (χ2n) is 3.61. The van der Waals surface area contributed by atoms with Crippen LogP contribution in [0.5, 0.6) is 0 Å². The number of nitrogens with zero attached hydrogens (tertiary/aromatic N) is 3. The lowest BCUT2D eigenvalue weighted by Gasteiger charge is -1.91. The van der Waals surface area contributed by atoms with Gasteiger partial charge in [0.1, 0.15) is 5.76 Å². The summed E-state index contributed by atoms with van der Waals surface area (Å²) in [6, 6.07) is 7.29. The molecule has 0 unspecified atom stereocenters. The molecule has 0 radical (unpaired) electrons. The Morgan fingerprint density at radius 2 is 2.19 bits per heavy atom. The van der Waals surface area contributed by atoms with Gasteiger partial charge in [-0.2, -0.15) is 0 Å². The minimum absolute atomic E-state index is 0.568. The standard InChI is InChI=1S/C11H10N4O/c1-7-2-3-9(16-7)11-13-10-6-8(12)4-5-15(10)14-11/h2-6H,12H2,1H3. The van der Waals surface area contributed by atoms with Crippen molar-refractivity contribution in [1.82, 2.24) is 14.6 Å². The van der Waals surface area contributed by atoms with Gasteiger partial charge in [0.15, 0.2) is 11.4 Å². The van der Waals surface area contributed by atoms with Crippen LogP contribution in [-0.4, -0.2) is 14.6 Å². The molecule has 0 spiro atoms. The van der Waals surface area contributed by atoms with E-state index >= 15 is 0 Å². The van der Waals surface area contributed by atoms with Crippen molar-refractivity contribution in [2.24, 2.45) is 0 Å². The summed E-state index contributed by atoms with van der Waals surface area (Å²) in [6.07, 6.45) is 1.77. The zero-order valence-electron chi connectivity index (χ0n) is 8.71. The topological polar surface area (TPSA) is 69.3 Å². The average Bonchev–Trinajstić information content (AvgIpc) is 2.83. The van der Waals surface area contributed by atoms with Gasteiger partial charge >= 0.3 is 0 Å². The molecule has 0 aliphatic carbocycles. The van der Waals surface area contributed by atoms with E-state index in [0.717, 1.165) is 5.76 Å². The summed E-state index contributed by atoms with van der Waals surface area (Å²) in [5.41, 5.74) is 7.05. The molecule has 3 aromatic heterocycles. The Kier molecular flexibility index (Phi) is 1.73. The number of aryl methyl sites for hydroxylation is 1. The van der Waals surface area contributed by atoms with Crippen LogP contribution in [0.4, 0.5) is 5.69 Å². The van der Waals surface area contributed by atoms with Crippen LogP contribution < -0.4 is 5.73 Å². The van der Waals surface area contributed by atoms with Gasteiger partial charge in [0.25, 0.3) is 0 Å². The number of rotatable bonds is 1. The van der Waals surface area contributed by atoms with Gasteiger partial charge in [0, 0.05) is 18.0 Å². The van der Waals surface area contributed by atoms with E-state index in [9.17, 15) is 0 Å². The Morgan fingerprint density at radius 1 is 1.31 bits per heavy atom. The van der Waals surface area contributed by atoms with Gasteiger partial charge < -0.3 is 10.2 Å². The third kappa shape index (κ3) is 1.33. The zero-order valence-corrected chi connectivity index (χ0v) is 8.71. The highest BCUT2D eigenvalue weighted by molar-refractivity contribution is 5.56. The van der Waals surface area contributed by atoms with E-state index in [0.29, 0.717) is 22.9 Å². The molecule has 80 valence electrons. The van der Waals surface area contributed by atoms with Crippen LogP contribution in [0.2, 0.25) is 0 Å². The van der Waals surface area contributed by atoms with Crippen LogP contribution in [0.3, 0.4) is 0 Å². The molecule has 0 aromatic carbocycles. The second-order valence-corrected chi connectivity index (χ2v) is 3.61. The van der Waals surface area contributed by atoms with E-state index in [1.54, 1.807) is 22.8 Å². The summed E-state index contributed by atoms with van der Waals surface area (Å²) in [7, 11) is 0. The summed E-state index contributed by atoms with van der Waals surface area (Å²) in [5.74, 6) is 2.08. The quantitative estimate of drug-likeness (QED) is 0.671. The number of hydrogen-bond donors (Lipinski definition) is 1. The normalized spacial score (nSPS) is 11.1. The van der Waals surface area contributed by atoms with Crippen molar-refractivity contribution in [2.75, 3.05) is 5.73 Å². The van der Waals surface area contributed by atoms with Crippen molar-refractivity contribution < 1.29 is 4.42 Å². The second kappa shape index (κ2) is 3.10. The third-order valence-corrected chi connectivity index (χ3v) is 2.32. The lowest BCUT2D eigenvalue weighted by Crippen LogP contribution is -1.89. The van der Waals surface area contributed by atoms with Crippen LogP contribution >= 0.6 is 0 Å². The fourth-order valence-electron chi connectivity index (χ4n) is 1.56. The predicted octanol–water partition coefficient (Wildman–Crippen LogP) is 1.88. The first kappa shape index (κ1) is 8.96. The summed E-state index contributed by atoms with van der Waals surface area (Å²) < 4.78 is 7.13. The van der Waals surface area contributed by atoms with Crippen LogP contribution in [0.25, 0.3) is 17.2 Å². The summed E-state index contributed by atoms with van der Waals surface area (Å²) >= 11 is 0. The Bertz CT molecular complexity index is 653. The van der Waals surface area contributed by atoms with E-state index in [1.165, 1.54) is 0 Å². The van der Waals surface area contributed by atoms with E-state index in [2.05, 4.69) is 10.1 Å². The Hall–Kier alpha value is -2.30. The van der Waals surface area contributed by atoms with E-state index in [-0.39, 0.29) is 0 Å². The zero-order chi connectivity index (χ0) is 11.1. The fourth-order valence-corrected chi connectivity index (χ4v) is 1.56. The molecule has 16 heavy (non-hydrogen) atoms. The molecule has 0 amide bonds. The molecule has 0 saturated carbocycles. The van der Waals surface area contributed by atoms with Crippen LogP contribution in [0.1, 0.15) is 5.76 Å². The van der Waals surface area contributed by atoms with Gasteiger partial charge in [0.2, 0.25) is 5.82 Å². The maximum Gasteiger partial charge on any atom is 0.217 e. The minimum Gasteiger partial charge on any atom is -0.458 e. The Labute approximate surface area is 91.5 Å². The van der Waals surface area contributed by atoms with Crippen molar-refractivity contribution >= 4 is 11.3 Å². The molecule has 0 aliphatic heterocycles. The summed E-state index contributed by atoms with van der Waals surface area (Å²) in [6.45, 7) is 1.89. The maximum absolute atomic E-state index is 5.67. The highest BCUT2D eigenvalue weighted by Gasteiger charge is 2.09. The number of hydrogen-bond acceptors (Lipinski definition) is 4. The number of furan rings is 1. The van der Waals surface area contributed by atoms with Crippen LogP contribution in [0, 0.1) is 6.92 Å². The van der Waals surface area contributed by atoms with E-state index in [4.69, 9.17) is 10.2 Å². The number of pyridine rings is 1. The Balaban J connectivity index is 2.18. The molecule has 3 rings (SSSR count). The van der Waals surface area contributed by atoms with Gasteiger partial charge in [-0.1, -0.05) is 0 Å². The molecule has 5 heteroatoms. The highest BCUT2D eigenvalue weighted by Crippen LogP contribution is 2.19. The molecular formula is C11H10N4O. The maximum atomic E-state index is 5.67. The molecule has 0 bridgehead atoms. The molecular weight excluding hydrogens is 204 g/mol. The van der Waals surface area contributed by atoms with Crippen molar-refractivity contribution in [1.29, 1.82) is 0 Å². The highest BCUT2D eigenvalue weighted by atomic mass is 16.3. The minimum atomic E-state index is 0.568. The molecule has 0 fully saturated rings. The lowest BCUT2D eigenvalue weighted by molar-refractivity contribution is 0.544. The molecule has 0 aliphatic rings. The van der Waals surface area contributed by atoms with Crippen molar-refractivity contribution in [3.05, 3.63) is 36.2 Å². The fraction of sp³-hybridized carbons (Fsp3) is 0.0909. The van der Waals surface area contributed by atoms with Crippen molar-refractivity contribution in [3.63, 3.8) is 0 Å².